The maximum absolute atomic E-state index is 13.3. The lowest BCUT2D eigenvalue weighted by Gasteiger charge is -2.31. The number of benzene rings is 1. The van der Waals surface area contributed by atoms with Gasteiger partial charge in [-0.15, -0.1) is 0 Å². The number of carbonyl (C=O) groups is 2. The molecule has 0 saturated carbocycles. The fourth-order valence-electron chi connectivity index (χ4n) is 4.72. The number of carbonyl (C=O) groups excluding carboxylic acids is 2. The molecule has 5 rings (SSSR count). The summed E-state index contributed by atoms with van der Waals surface area (Å²) in [5.74, 6) is -0.623. The minimum atomic E-state index is -3.07. The van der Waals surface area contributed by atoms with Crippen molar-refractivity contribution in [2.75, 3.05) is 32.0 Å². The highest BCUT2D eigenvalue weighted by atomic mass is 35.5. The van der Waals surface area contributed by atoms with Crippen molar-refractivity contribution in [2.24, 2.45) is 0 Å². The number of nitrogens with zero attached hydrogens (tertiary/aromatic N) is 6. The van der Waals surface area contributed by atoms with Crippen molar-refractivity contribution < 1.29 is 23.1 Å². The zero-order chi connectivity index (χ0) is 28.2. The third-order valence-corrected chi connectivity index (χ3v) is 7.02. The first kappa shape index (κ1) is 27.5. The predicted octanol–water partition coefficient (Wildman–Crippen LogP) is 3.87. The molecule has 0 bridgehead atoms. The first-order valence-corrected chi connectivity index (χ1v) is 13.1. The van der Waals surface area contributed by atoms with Crippen LogP contribution in [0, 0.1) is 0 Å². The fraction of sp³-hybridized carbons (Fsp3) is 0.346. The maximum atomic E-state index is 13.3. The van der Waals surface area contributed by atoms with Gasteiger partial charge in [0.05, 0.1) is 17.9 Å². The summed E-state index contributed by atoms with van der Waals surface area (Å²) in [5.41, 5.74) is 1.34. The molecule has 0 radical (unpaired) electrons. The van der Waals surface area contributed by atoms with E-state index in [0.29, 0.717) is 29.3 Å². The number of hydrogen-bond acceptors (Lipinski definition) is 7. The van der Waals surface area contributed by atoms with Crippen molar-refractivity contribution in [3.8, 4) is 17.0 Å². The number of alkyl halides is 2. The standard InChI is InChI=1S/C26H27ClF2N8O3/c1-30-22(38)7-12-35-10-5-17(6-11-35)37-15-20(33-25(39)19-14-32-36-9-2-8-31-24(19)36)23(34-37)18-13-16(27)3-4-21(18)40-26(28)29/h2-4,8-9,13-15,17,26H,5-7,10-12H2,1H3,(H,30,38)(H,33,39). The van der Waals surface area contributed by atoms with Crippen LogP contribution in [-0.4, -0.2) is 74.4 Å². The lowest BCUT2D eigenvalue weighted by molar-refractivity contribution is -0.121. The Morgan fingerprint density at radius 1 is 1.25 bits per heavy atom. The Bertz CT molecular complexity index is 1520. The van der Waals surface area contributed by atoms with Gasteiger partial charge in [0.2, 0.25) is 5.91 Å². The first-order valence-electron chi connectivity index (χ1n) is 12.7. The normalized spacial score (nSPS) is 14.5. The number of piperidine rings is 1. The van der Waals surface area contributed by atoms with Crippen molar-refractivity contribution in [3.05, 3.63) is 59.6 Å². The molecular weight excluding hydrogens is 546 g/mol. The molecule has 1 aliphatic heterocycles. The topological polar surface area (TPSA) is 119 Å². The second-order valence-corrected chi connectivity index (χ2v) is 9.72. The van der Waals surface area contributed by atoms with Crippen molar-refractivity contribution >= 4 is 34.7 Å². The number of halogens is 3. The van der Waals surface area contributed by atoms with Gasteiger partial charge in [0.1, 0.15) is 17.0 Å². The lowest BCUT2D eigenvalue weighted by Crippen LogP contribution is -2.37. The number of likely N-dealkylation sites (tertiary alicyclic amines) is 1. The van der Waals surface area contributed by atoms with Crippen LogP contribution in [0.2, 0.25) is 5.02 Å². The number of aromatic nitrogens is 5. The average molecular weight is 573 g/mol. The van der Waals surface area contributed by atoms with Gasteiger partial charge in [-0.05, 0) is 37.1 Å². The van der Waals surface area contributed by atoms with Crippen LogP contribution in [0.15, 0.2) is 49.1 Å². The summed E-state index contributed by atoms with van der Waals surface area (Å²) in [7, 11) is 1.62. The Balaban J connectivity index is 1.45. The minimum Gasteiger partial charge on any atom is -0.434 e. The van der Waals surface area contributed by atoms with Crippen LogP contribution in [0.4, 0.5) is 14.5 Å². The molecule has 2 amide bonds. The fourth-order valence-corrected chi connectivity index (χ4v) is 4.90. The van der Waals surface area contributed by atoms with E-state index in [4.69, 9.17) is 21.4 Å². The van der Waals surface area contributed by atoms with Crippen molar-refractivity contribution in [1.82, 2.24) is 34.6 Å². The molecule has 0 atom stereocenters. The zero-order valence-electron chi connectivity index (χ0n) is 21.6. The van der Waals surface area contributed by atoms with E-state index in [-0.39, 0.29) is 34.5 Å². The number of fused-ring (bicyclic) bond motifs is 1. The van der Waals surface area contributed by atoms with E-state index in [0.717, 1.165) is 25.9 Å². The quantitative estimate of drug-likeness (QED) is 0.312. The zero-order valence-corrected chi connectivity index (χ0v) is 22.3. The molecule has 40 heavy (non-hydrogen) atoms. The van der Waals surface area contributed by atoms with E-state index in [1.165, 1.54) is 28.9 Å². The molecule has 4 aromatic rings. The Morgan fingerprint density at radius 2 is 2.05 bits per heavy atom. The highest BCUT2D eigenvalue weighted by molar-refractivity contribution is 6.31. The molecule has 1 fully saturated rings. The number of nitrogens with one attached hydrogen (secondary N) is 2. The molecule has 11 nitrogen and oxygen atoms in total. The van der Waals surface area contributed by atoms with E-state index in [9.17, 15) is 18.4 Å². The Morgan fingerprint density at radius 3 is 2.80 bits per heavy atom. The minimum absolute atomic E-state index is 0.0102. The Labute approximate surface area is 233 Å². The van der Waals surface area contributed by atoms with Crippen molar-refractivity contribution in [1.29, 1.82) is 0 Å². The van der Waals surface area contributed by atoms with Gasteiger partial charge in [0.15, 0.2) is 5.65 Å². The summed E-state index contributed by atoms with van der Waals surface area (Å²) >= 11 is 6.22. The second kappa shape index (κ2) is 12.0. The molecule has 1 aromatic carbocycles. The summed E-state index contributed by atoms with van der Waals surface area (Å²) in [6, 6.07) is 5.93. The van der Waals surface area contributed by atoms with Crippen LogP contribution in [0.1, 0.15) is 35.7 Å². The monoisotopic (exact) mass is 572 g/mol. The first-order chi connectivity index (χ1) is 19.3. The van der Waals surface area contributed by atoms with E-state index in [2.05, 4.69) is 25.6 Å². The van der Waals surface area contributed by atoms with Crippen LogP contribution >= 0.6 is 11.6 Å². The van der Waals surface area contributed by atoms with Crippen molar-refractivity contribution in [3.63, 3.8) is 0 Å². The van der Waals surface area contributed by atoms with Gasteiger partial charge in [-0.25, -0.2) is 9.50 Å². The van der Waals surface area contributed by atoms with Crippen LogP contribution in [-0.2, 0) is 4.79 Å². The lowest BCUT2D eigenvalue weighted by atomic mass is 10.1. The number of anilines is 1. The number of ether oxygens (including phenoxy) is 1. The summed E-state index contributed by atoms with van der Waals surface area (Å²) in [6.45, 7) is -0.903. The maximum Gasteiger partial charge on any atom is 0.387 e. The molecule has 210 valence electrons. The van der Waals surface area contributed by atoms with Crippen LogP contribution in [0.25, 0.3) is 16.9 Å². The molecule has 0 spiro atoms. The second-order valence-electron chi connectivity index (χ2n) is 9.29. The highest BCUT2D eigenvalue weighted by Crippen LogP contribution is 2.38. The Kier molecular flexibility index (Phi) is 8.21. The molecule has 3 aromatic heterocycles. The number of amides is 2. The smallest absolute Gasteiger partial charge is 0.387 e. The largest absolute Gasteiger partial charge is 0.434 e. The van der Waals surface area contributed by atoms with Crippen LogP contribution in [0.5, 0.6) is 5.75 Å². The van der Waals surface area contributed by atoms with Crippen LogP contribution < -0.4 is 15.4 Å². The highest BCUT2D eigenvalue weighted by Gasteiger charge is 2.26. The van der Waals surface area contributed by atoms with Gasteiger partial charge >= 0.3 is 6.61 Å². The van der Waals surface area contributed by atoms with Gasteiger partial charge in [0.25, 0.3) is 5.91 Å². The van der Waals surface area contributed by atoms with Crippen LogP contribution in [0.3, 0.4) is 0 Å². The SMILES string of the molecule is CNC(=O)CCN1CCC(n2cc(NC(=O)c3cnn4cccnc34)c(-c3cc(Cl)ccc3OC(F)F)n2)CC1. The van der Waals surface area contributed by atoms with E-state index < -0.39 is 12.5 Å². The molecule has 1 saturated heterocycles. The molecule has 4 heterocycles. The molecule has 0 unspecified atom stereocenters. The van der Waals surface area contributed by atoms with Gasteiger partial charge in [-0.1, -0.05) is 11.6 Å². The third-order valence-electron chi connectivity index (χ3n) is 6.78. The van der Waals surface area contributed by atoms with Gasteiger partial charge in [-0.2, -0.15) is 19.0 Å². The van der Waals surface area contributed by atoms with Gasteiger partial charge < -0.3 is 20.3 Å². The van der Waals surface area contributed by atoms with Gasteiger partial charge in [0, 0.05) is 62.3 Å². The Hall–Kier alpha value is -4.10. The molecular formula is C26H27ClF2N8O3. The number of rotatable bonds is 9. The third kappa shape index (κ3) is 6.05. The summed E-state index contributed by atoms with van der Waals surface area (Å²) in [6.07, 6.45) is 8.22. The van der Waals surface area contributed by atoms with E-state index in [1.807, 2.05) is 0 Å². The van der Waals surface area contributed by atoms with E-state index in [1.54, 1.807) is 36.4 Å². The molecule has 14 heteroatoms. The number of hydrogen-bond donors (Lipinski definition) is 2. The average Bonchev–Trinajstić information content (AvgIpc) is 3.57. The molecule has 1 aliphatic rings. The molecule has 2 N–H and O–H groups in total. The molecule has 0 aliphatic carbocycles. The summed E-state index contributed by atoms with van der Waals surface area (Å²) in [5, 5.41) is 14.7. The van der Waals surface area contributed by atoms with Crippen molar-refractivity contribution in [2.45, 2.75) is 31.9 Å². The summed E-state index contributed by atoms with van der Waals surface area (Å²) in [4.78, 5) is 31.4. The predicted molar refractivity (Wildman–Crippen MR) is 144 cm³/mol. The summed E-state index contributed by atoms with van der Waals surface area (Å²) < 4.78 is 34.4. The van der Waals surface area contributed by atoms with Gasteiger partial charge in [-0.3, -0.25) is 14.3 Å². The van der Waals surface area contributed by atoms with E-state index >= 15 is 0 Å².